The molecule has 1 unspecified atom stereocenters. The lowest BCUT2D eigenvalue weighted by atomic mass is 9.80. The predicted octanol–water partition coefficient (Wildman–Crippen LogP) is 2.03. The van der Waals surface area contributed by atoms with Crippen LogP contribution in [0.3, 0.4) is 0 Å². The molecule has 0 aliphatic heterocycles. The summed E-state index contributed by atoms with van der Waals surface area (Å²) in [5.41, 5.74) is -0.0432. The van der Waals surface area contributed by atoms with Crippen LogP contribution >= 0.6 is 0 Å². The van der Waals surface area contributed by atoms with Crippen molar-refractivity contribution in [2.45, 2.75) is 53.7 Å². The van der Waals surface area contributed by atoms with Crippen LogP contribution in [0.4, 0.5) is 0 Å². The van der Waals surface area contributed by atoms with Gasteiger partial charge in [0.15, 0.2) is 0 Å². The minimum Gasteiger partial charge on any atom is -0.392 e. The van der Waals surface area contributed by atoms with E-state index in [-0.39, 0.29) is 11.5 Å². The lowest BCUT2D eigenvalue weighted by Gasteiger charge is -2.34. The van der Waals surface area contributed by atoms with E-state index in [4.69, 9.17) is 0 Å². The average Bonchev–Trinajstić information content (AvgIpc) is 1.99. The summed E-state index contributed by atoms with van der Waals surface area (Å²) in [6, 6.07) is 0.485. The molecule has 0 aromatic heterocycles. The standard InChI is InChI=1S/C11H25NO/c1-8(2)10(13)11(5,6)7-12-9(3)4/h8-10,12-13H,7H2,1-6H3. The van der Waals surface area contributed by atoms with Gasteiger partial charge in [0.2, 0.25) is 0 Å². The molecule has 0 bridgehead atoms. The second-order valence-electron chi connectivity index (χ2n) is 5.21. The quantitative estimate of drug-likeness (QED) is 0.690. The molecule has 0 saturated carbocycles. The van der Waals surface area contributed by atoms with E-state index in [0.717, 1.165) is 6.54 Å². The molecule has 0 heterocycles. The number of aliphatic hydroxyl groups is 1. The Bertz CT molecular complexity index is 141. The number of hydrogen-bond acceptors (Lipinski definition) is 2. The van der Waals surface area contributed by atoms with Crippen LogP contribution in [-0.4, -0.2) is 23.8 Å². The highest BCUT2D eigenvalue weighted by Crippen LogP contribution is 2.25. The zero-order chi connectivity index (χ0) is 10.6. The summed E-state index contributed by atoms with van der Waals surface area (Å²) in [6.07, 6.45) is -0.237. The Balaban J connectivity index is 4.06. The summed E-state index contributed by atoms with van der Waals surface area (Å²) >= 11 is 0. The Kier molecular flexibility index (Phi) is 4.93. The minimum atomic E-state index is -0.237. The fraction of sp³-hybridized carbons (Fsp3) is 1.00. The number of hydrogen-bond donors (Lipinski definition) is 2. The van der Waals surface area contributed by atoms with Crippen LogP contribution in [0.5, 0.6) is 0 Å². The van der Waals surface area contributed by atoms with Gasteiger partial charge in [0.1, 0.15) is 0 Å². The molecule has 0 aromatic rings. The first-order chi connectivity index (χ1) is 5.77. The summed E-state index contributed by atoms with van der Waals surface area (Å²) in [5, 5.41) is 13.3. The molecular formula is C11H25NO. The van der Waals surface area contributed by atoms with Crippen LogP contribution in [0, 0.1) is 11.3 Å². The fourth-order valence-corrected chi connectivity index (χ4v) is 1.47. The van der Waals surface area contributed by atoms with Crippen molar-refractivity contribution in [1.29, 1.82) is 0 Å². The molecule has 0 amide bonds. The van der Waals surface area contributed by atoms with Crippen LogP contribution < -0.4 is 5.32 Å². The second-order valence-corrected chi connectivity index (χ2v) is 5.21. The lowest BCUT2D eigenvalue weighted by Crippen LogP contribution is -2.43. The maximum absolute atomic E-state index is 9.93. The Labute approximate surface area is 82.7 Å². The van der Waals surface area contributed by atoms with Crippen LogP contribution in [0.25, 0.3) is 0 Å². The van der Waals surface area contributed by atoms with E-state index in [9.17, 15) is 5.11 Å². The van der Waals surface area contributed by atoms with Gasteiger partial charge < -0.3 is 10.4 Å². The predicted molar refractivity (Wildman–Crippen MR) is 57.8 cm³/mol. The van der Waals surface area contributed by atoms with Gasteiger partial charge in [0.05, 0.1) is 6.10 Å². The first-order valence-corrected chi connectivity index (χ1v) is 5.19. The first kappa shape index (κ1) is 12.9. The van der Waals surface area contributed by atoms with E-state index in [1.165, 1.54) is 0 Å². The van der Waals surface area contributed by atoms with E-state index in [2.05, 4.69) is 46.9 Å². The smallest absolute Gasteiger partial charge is 0.0626 e. The molecule has 2 heteroatoms. The lowest BCUT2D eigenvalue weighted by molar-refractivity contribution is 0.0127. The molecule has 0 radical (unpaired) electrons. The van der Waals surface area contributed by atoms with Crippen molar-refractivity contribution in [1.82, 2.24) is 5.32 Å². The molecule has 0 aromatic carbocycles. The zero-order valence-electron chi connectivity index (χ0n) is 9.89. The van der Waals surface area contributed by atoms with Crippen molar-refractivity contribution in [2.75, 3.05) is 6.54 Å². The largest absolute Gasteiger partial charge is 0.392 e. The molecule has 80 valence electrons. The summed E-state index contributed by atoms with van der Waals surface area (Å²) in [7, 11) is 0. The Morgan fingerprint density at radius 3 is 1.92 bits per heavy atom. The van der Waals surface area contributed by atoms with E-state index >= 15 is 0 Å². The van der Waals surface area contributed by atoms with Crippen molar-refractivity contribution in [3.05, 3.63) is 0 Å². The molecule has 0 fully saturated rings. The van der Waals surface area contributed by atoms with Gasteiger partial charge in [-0.05, 0) is 5.92 Å². The highest BCUT2D eigenvalue weighted by molar-refractivity contribution is 4.82. The molecule has 0 spiro atoms. The maximum Gasteiger partial charge on any atom is 0.0626 e. The zero-order valence-corrected chi connectivity index (χ0v) is 9.89. The molecule has 0 saturated heterocycles. The van der Waals surface area contributed by atoms with Gasteiger partial charge in [-0.15, -0.1) is 0 Å². The molecule has 2 nitrogen and oxygen atoms in total. The second kappa shape index (κ2) is 4.97. The molecule has 2 N–H and O–H groups in total. The van der Waals surface area contributed by atoms with Crippen molar-refractivity contribution >= 4 is 0 Å². The van der Waals surface area contributed by atoms with Gasteiger partial charge in [0, 0.05) is 18.0 Å². The topological polar surface area (TPSA) is 32.3 Å². The van der Waals surface area contributed by atoms with E-state index in [1.807, 2.05) is 0 Å². The van der Waals surface area contributed by atoms with Gasteiger partial charge >= 0.3 is 0 Å². The van der Waals surface area contributed by atoms with E-state index < -0.39 is 0 Å². The number of nitrogens with one attached hydrogen (secondary N) is 1. The molecule has 0 aliphatic carbocycles. The number of aliphatic hydroxyl groups excluding tert-OH is 1. The normalized spacial score (nSPS) is 15.5. The van der Waals surface area contributed by atoms with Gasteiger partial charge in [0.25, 0.3) is 0 Å². The highest BCUT2D eigenvalue weighted by Gasteiger charge is 2.29. The SMILES string of the molecule is CC(C)NCC(C)(C)C(O)C(C)C. The molecule has 1 atom stereocenters. The third-order valence-electron chi connectivity index (χ3n) is 2.40. The third kappa shape index (κ3) is 4.63. The van der Waals surface area contributed by atoms with Gasteiger partial charge in [-0.2, -0.15) is 0 Å². The van der Waals surface area contributed by atoms with Crippen molar-refractivity contribution in [3.63, 3.8) is 0 Å². The Hall–Kier alpha value is -0.0800. The van der Waals surface area contributed by atoms with Gasteiger partial charge in [-0.1, -0.05) is 41.5 Å². The van der Waals surface area contributed by atoms with E-state index in [1.54, 1.807) is 0 Å². The van der Waals surface area contributed by atoms with E-state index in [0.29, 0.717) is 12.0 Å². The Morgan fingerprint density at radius 2 is 1.62 bits per heavy atom. The summed E-state index contributed by atoms with van der Waals surface area (Å²) in [6.45, 7) is 13.4. The maximum atomic E-state index is 9.93. The molecular weight excluding hydrogens is 162 g/mol. The first-order valence-electron chi connectivity index (χ1n) is 5.19. The molecule has 13 heavy (non-hydrogen) atoms. The van der Waals surface area contributed by atoms with Gasteiger partial charge in [-0.3, -0.25) is 0 Å². The fourth-order valence-electron chi connectivity index (χ4n) is 1.47. The van der Waals surface area contributed by atoms with Crippen LogP contribution in [0.15, 0.2) is 0 Å². The van der Waals surface area contributed by atoms with Crippen molar-refractivity contribution in [3.8, 4) is 0 Å². The molecule has 0 rings (SSSR count). The highest BCUT2D eigenvalue weighted by atomic mass is 16.3. The third-order valence-corrected chi connectivity index (χ3v) is 2.40. The van der Waals surface area contributed by atoms with Crippen molar-refractivity contribution < 1.29 is 5.11 Å². The van der Waals surface area contributed by atoms with Gasteiger partial charge in [-0.25, -0.2) is 0 Å². The number of rotatable bonds is 5. The summed E-state index contributed by atoms with van der Waals surface area (Å²) in [5.74, 6) is 0.323. The van der Waals surface area contributed by atoms with Crippen LogP contribution in [-0.2, 0) is 0 Å². The van der Waals surface area contributed by atoms with Crippen LogP contribution in [0.2, 0.25) is 0 Å². The summed E-state index contributed by atoms with van der Waals surface area (Å²) in [4.78, 5) is 0. The molecule has 0 aliphatic rings. The summed E-state index contributed by atoms with van der Waals surface area (Å²) < 4.78 is 0. The Morgan fingerprint density at radius 1 is 1.15 bits per heavy atom. The minimum absolute atomic E-state index is 0.0432. The average molecular weight is 187 g/mol. The van der Waals surface area contributed by atoms with Crippen molar-refractivity contribution in [2.24, 2.45) is 11.3 Å². The van der Waals surface area contributed by atoms with Crippen LogP contribution in [0.1, 0.15) is 41.5 Å². The monoisotopic (exact) mass is 187 g/mol.